The molecule has 13 heavy (non-hydrogen) atoms. The van der Waals surface area contributed by atoms with Crippen LogP contribution in [0.3, 0.4) is 0 Å². The minimum Gasteiger partial charge on any atom is -0.361 e. The van der Waals surface area contributed by atoms with E-state index >= 15 is 0 Å². The number of carbonyl (C=O) groups excluding carboxylic acids is 1. The Morgan fingerprint density at radius 1 is 1.62 bits per heavy atom. The Kier molecular flexibility index (Phi) is 3.26. The first-order chi connectivity index (χ1) is 6.07. The maximum Gasteiger partial charge on any atom is 0.161 e. The summed E-state index contributed by atoms with van der Waals surface area (Å²) in [6.45, 7) is 9.64. The van der Waals surface area contributed by atoms with Crippen LogP contribution in [0.4, 0.5) is 0 Å². The first kappa shape index (κ1) is 10.5. The Bertz CT molecular complexity index is 208. The van der Waals surface area contributed by atoms with Crippen LogP contribution in [0.15, 0.2) is 12.7 Å². The molecule has 0 aromatic heterocycles. The van der Waals surface area contributed by atoms with Crippen LogP contribution in [0.1, 0.15) is 27.2 Å². The number of hydrogen-bond acceptors (Lipinski definition) is 2. The summed E-state index contributed by atoms with van der Waals surface area (Å²) in [6.07, 6.45) is 2.86. The minimum atomic E-state index is -0.132. The van der Waals surface area contributed by atoms with E-state index in [2.05, 4.69) is 20.4 Å². The molecule has 0 N–H and O–H groups in total. The third-order valence-corrected chi connectivity index (χ3v) is 2.64. The standard InChI is InChI=1S/C11H18O2/c1-5-6-9(7(2)3)11-10(13-11)8(4)12/h5,7,9-11H,1,6H2,2-4H3. The molecule has 74 valence electrons. The summed E-state index contributed by atoms with van der Waals surface area (Å²) in [6, 6.07) is 0. The molecule has 1 rings (SSSR count). The van der Waals surface area contributed by atoms with Crippen molar-refractivity contribution in [3.8, 4) is 0 Å². The van der Waals surface area contributed by atoms with Crippen molar-refractivity contribution in [1.82, 2.24) is 0 Å². The van der Waals surface area contributed by atoms with Gasteiger partial charge < -0.3 is 4.74 Å². The Labute approximate surface area is 80.0 Å². The number of ether oxygens (including phenoxy) is 1. The Balaban J connectivity index is 2.49. The summed E-state index contributed by atoms with van der Waals surface area (Å²) in [7, 11) is 0. The summed E-state index contributed by atoms with van der Waals surface area (Å²) in [5.74, 6) is 1.15. The van der Waals surface area contributed by atoms with E-state index in [1.165, 1.54) is 0 Å². The summed E-state index contributed by atoms with van der Waals surface area (Å²) in [4.78, 5) is 11.0. The molecule has 0 aromatic carbocycles. The summed E-state index contributed by atoms with van der Waals surface area (Å²) in [5, 5.41) is 0. The first-order valence-corrected chi connectivity index (χ1v) is 4.84. The average Bonchev–Trinajstić information content (AvgIpc) is 2.78. The molecule has 0 radical (unpaired) electrons. The maximum absolute atomic E-state index is 11.0. The zero-order valence-corrected chi connectivity index (χ0v) is 8.62. The highest BCUT2D eigenvalue weighted by molar-refractivity contribution is 5.83. The fourth-order valence-corrected chi connectivity index (χ4v) is 1.75. The predicted molar refractivity (Wildman–Crippen MR) is 52.5 cm³/mol. The van der Waals surface area contributed by atoms with Gasteiger partial charge in [0.15, 0.2) is 5.78 Å². The second kappa shape index (κ2) is 4.05. The van der Waals surface area contributed by atoms with E-state index in [0.717, 1.165) is 6.42 Å². The van der Waals surface area contributed by atoms with Gasteiger partial charge in [0.05, 0.1) is 6.10 Å². The lowest BCUT2D eigenvalue weighted by molar-refractivity contribution is -0.118. The number of Topliss-reactive ketones (excluding diaryl/α,β-unsaturated/α-hetero) is 1. The van der Waals surface area contributed by atoms with Crippen LogP contribution in [-0.4, -0.2) is 18.0 Å². The molecule has 1 fully saturated rings. The molecule has 0 amide bonds. The molecular formula is C11H18O2. The van der Waals surface area contributed by atoms with E-state index in [1.54, 1.807) is 6.92 Å². The molecule has 3 atom stereocenters. The van der Waals surface area contributed by atoms with E-state index < -0.39 is 0 Å². The first-order valence-electron chi connectivity index (χ1n) is 4.84. The minimum absolute atomic E-state index is 0.132. The van der Waals surface area contributed by atoms with Crippen LogP contribution >= 0.6 is 0 Å². The zero-order valence-electron chi connectivity index (χ0n) is 8.62. The van der Waals surface area contributed by atoms with Crippen molar-refractivity contribution in [3.63, 3.8) is 0 Å². The highest BCUT2D eigenvalue weighted by Gasteiger charge is 2.47. The molecule has 2 heteroatoms. The third-order valence-electron chi connectivity index (χ3n) is 2.64. The second-order valence-electron chi connectivity index (χ2n) is 4.06. The number of epoxide rings is 1. The van der Waals surface area contributed by atoms with Crippen LogP contribution in [-0.2, 0) is 9.53 Å². The molecule has 0 bridgehead atoms. The number of allylic oxidation sites excluding steroid dienone is 1. The van der Waals surface area contributed by atoms with Gasteiger partial charge in [0, 0.05) is 0 Å². The molecule has 1 aliphatic heterocycles. The molecule has 0 spiro atoms. The molecule has 1 heterocycles. The summed E-state index contributed by atoms with van der Waals surface area (Å²) in [5.41, 5.74) is 0. The van der Waals surface area contributed by atoms with Gasteiger partial charge >= 0.3 is 0 Å². The van der Waals surface area contributed by atoms with Crippen LogP contribution < -0.4 is 0 Å². The third kappa shape index (κ3) is 2.41. The smallest absolute Gasteiger partial charge is 0.161 e. The Hall–Kier alpha value is -0.630. The molecule has 0 aromatic rings. The van der Waals surface area contributed by atoms with Crippen molar-refractivity contribution in [2.45, 2.75) is 39.4 Å². The number of rotatable bonds is 5. The van der Waals surface area contributed by atoms with Gasteiger partial charge in [0.1, 0.15) is 6.10 Å². The topological polar surface area (TPSA) is 29.6 Å². The van der Waals surface area contributed by atoms with Crippen LogP contribution in [0.5, 0.6) is 0 Å². The molecule has 0 saturated carbocycles. The molecule has 0 aliphatic carbocycles. The maximum atomic E-state index is 11.0. The van der Waals surface area contributed by atoms with Gasteiger partial charge in [-0.1, -0.05) is 19.9 Å². The number of ketones is 1. The lowest BCUT2D eigenvalue weighted by atomic mass is 9.87. The Morgan fingerprint density at radius 3 is 2.54 bits per heavy atom. The normalized spacial score (nSPS) is 28.6. The van der Waals surface area contributed by atoms with E-state index in [0.29, 0.717) is 11.8 Å². The van der Waals surface area contributed by atoms with Crippen molar-refractivity contribution in [3.05, 3.63) is 12.7 Å². The number of carbonyl (C=O) groups is 1. The van der Waals surface area contributed by atoms with Gasteiger partial charge in [-0.2, -0.15) is 0 Å². The van der Waals surface area contributed by atoms with Gasteiger partial charge in [-0.05, 0) is 25.2 Å². The van der Waals surface area contributed by atoms with Crippen molar-refractivity contribution in [2.24, 2.45) is 11.8 Å². The van der Waals surface area contributed by atoms with Crippen molar-refractivity contribution in [1.29, 1.82) is 0 Å². The largest absolute Gasteiger partial charge is 0.361 e. The van der Waals surface area contributed by atoms with E-state index in [9.17, 15) is 4.79 Å². The van der Waals surface area contributed by atoms with Crippen LogP contribution in [0, 0.1) is 11.8 Å². The van der Waals surface area contributed by atoms with E-state index in [-0.39, 0.29) is 18.0 Å². The van der Waals surface area contributed by atoms with E-state index in [4.69, 9.17) is 4.74 Å². The second-order valence-corrected chi connectivity index (χ2v) is 4.06. The predicted octanol–water partition coefficient (Wildman–Crippen LogP) is 2.19. The van der Waals surface area contributed by atoms with Crippen molar-refractivity contribution >= 4 is 5.78 Å². The quantitative estimate of drug-likeness (QED) is 0.482. The average molecular weight is 182 g/mol. The van der Waals surface area contributed by atoms with Gasteiger partial charge in [-0.25, -0.2) is 0 Å². The van der Waals surface area contributed by atoms with Crippen LogP contribution in [0.25, 0.3) is 0 Å². The number of hydrogen-bond donors (Lipinski definition) is 0. The monoisotopic (exact) mass is 182 g/mol. The zero-order chi connectivity index (χ0) is 10.0. The summed E-state index contributed by atoms with van der Waals surface area (Å²) < 4.78 is 5.36. The molecule has 1 saturated heterocycles. The fraction of sp³-hybridized carbons (Fsp3) is 0.727. The van der Waals surface area contributed by atoms with Crippen LogP contribution in [0.2, 0.25) is 0 Å². The highest BCUT2D eigenvalue weighted by Crippen LogP contribution is 2.36. The Morgan fingerprint density at radius 2 is 2.23 bits per heavy atom. The van der Waals surface area contributed by atoms with Gasteiger partial charge in [-0.15, -0.1) is 6.58 Å². The highest BCUT2D eigenvalue weighted by atomic mass is 16.6. The van der Waals surface area contributed by atoms with E-state index in [1.807, 2.05) is 6.08 Å². The summed E-state index contributed by atoms with van der Waals surface area (Å²) >= 11 is 0. The van der Waals surface area contributed by atoms with Crippen molar-refractivity contribution < 1.29 is 9.53 Å². The van der Waals surface area contributed by atoms with Gasteiger partial charge in [0.2, 0.25) is 0 Å². The lowest BCUT2D eigenvalue weighted by Gasteiger charge is -2.16. The van der Waals surface area contributed by atoms with Crippen molar-refractivity contribution in [2.75, 3.05) is 0 Å². The molecule has 3 unspecified atom stereocenters. The molecular weight excluding hydrogens is 164 g/mol. The fourth-order valence-electron chi connectivity index (χ4n) is 1.75. The molecule has 1 aliphatic rings. The van der Waals surface area contributed by atoms with Gasteiger partial charge in [-0.3, -0.25) is 4.79 Å². The van der Waals surface area contributed by atoms with Gasteiger partial charge in [0.25, 0.3) is 0 Å². The SMILES string of the molecule is C=CCC(C(C)C)C1OC1C(C)=O. The molecule has 2 nitrogen and oxygen atoms in total. The lowest BCUT2D eigenvalue weighted by Crippen LogP contribution is -2.19.